The molecule has 0 bridgehead atoms. The van der Waals surface area contributed by atoms with Crippen LogP contribution in [0.3, 0.4) is 0 Å². The number of nitro groups is 1. The molecule has 0 saturated heterocycles. The predicted molar refractivity (Wildman–Crippen MR) is 72.8 cm³/mol. The normalized spacial score (nSPS) is 23.2. The maximum absolute atomic E-state index is 10.9. The van der Waals surface area contributed by atoms with Crippen molar-refractivity contribution in [3.8, 4) is 0 Å². The van der Waals surface area contributed by atoms with Crippen molar-refractivity contribution in [1.82, 2.24) is 5.32 Å². The molecule has 1 aliphatic rings. The van der Waals surface area contributed by atoms with Crippen LogP contribution in [0, 0.1) is 16.0 Å². The van der Waals surface area contributed by atoms with Crippen molar-refractivity contribution in [2.75, 3.05) is 6.54 Å². The zero-order valence-corrected chi connectivity index (χ0v) is 10.9. The second kappa shape index (κ2) is 6.63. The highest BCUT2D eigenvalue weighted by atomic mass is 16.6. The van der Waals surface area contributed by atoms with Gasteiger partial charge in [0.15, 0.2) is 0 Å². The van der Waals surface area contributed by atoms with E-state index in [1.54, 1.807) is 12.1 Å². The van der Waals surface area contributed by atoms with Gasteiger partial charge in [0, 0.05) is 18.2 Å². The zero-order valence-electron chi connectivity index (χ0n) is 10.9. The van der Waals surface area contributed by atoms with E-state index in [0.29, 0.717) is 12.5 Å². The lowest BCUT2D eigenvalue weighted by Gasteiger charge is -2.25. The van der Waals surface area contributed by atoms with Gasteiger partial charge in [-0.3, -0.25) is 10.1 Å². The molecule has 0 aliphatic heterocycles. The predicted octanol–water partition coefficient (Wildman–Crippen LogP) is 2.24. The quantitative estimate of drug-likeness (QED) is 0.631. The van der Waals surface area contributed by atoms with Crippen LogP contribution in [0.2, 0.25) is 0 Å². The van der Waals surface area contributed by atoms with E-state index in [0.717, 1.165) is 37.8 Å². The van der Waals surface area contributed by atoms with Crippen molar-refractivity contribution < 1.29 is 10.0 Å². The van der Waals surface area contributed by atoms with Crippen LogP contribution in [0.5, 0.6) is 0 Å². The van der Waals surface area contributed by atoms with E-state index in [2.05, 4.69) is 5.32 Å². The summed E-state index contributed by atoms with van der Waals surface area (Å²) in [7, 11) is 0. The van der Waals surface area contributed by atoms with Gasteiger partial charge < -0.3 is 10.4 Å². The zero-order chi connectivity index (χ0) is 13.7. The lowest BCUT2D eigenvalue weighted by atomic mass is 9.87. The minimum absolute atomic E-state index is 0.133. The number of benzene rings is 1. The summed E-state index contributed by atoms with van der Waals surface area (Å²) in [4.78, 5) is 10.5. The standard InChI is InChI=1S/C14H20N2O3/c17-13-7-5-11(6-8-13)9-15-10-12-3-1-2-4-14(12)16(18)19/h1-4,11,13,15,17H,5-10H2. The van der Waals surface area contributed by atoms with Crippen LogP contribution < -0.4 is 5.32 Å². The largest absolute Gasteiger partial charge is 0.393 e. The molecule has 0 amide bonds. The SMILES string of the molecule is O=[N+]([O-])c1ccccc1CNCC1CCC(O)CC1. The van der Waals surface area contributed by atoms with Crippen LogP contribution in [-0.4, -0.2) is 22.7 Å². The Morgan fingerprint density at radius 2 is 1.95 bits per heavy atom. The molecule has 104 valence electrons. The van der Waals surface area contributed by atoms with E-state index in [4.69, 9.17) is 0 Å². The number of aliphatic hydroxyl groups excluding tert-OH is 1. The van der Waals surface area contributed by atoms with E-state index in [-0.39, 0.29) is 16.7 Å². The third kappa shape index (κ3) is 4.01. The summed E-state index contributed by atoms with van der Waals surface area (Å²) in [6, 6.07) is 6.83. The molecule has 1 fully saturated rings. The molecule has 1 aromatic carbocycles. The summed E-state index contributed by atoms with van der Waals surface area (Å²) in [5, 5.41) is 23.6. The molecule has 2 N–H and O–H groups in total. The van der Waals surface area contributed by atoms with Gasteiger partial charge in [-0.25, -0.2) is 0 Å². The first-order valence-electron chi connectivity index (χ1n) is 6.78. The monoisotopic (exact) mass is 264 g/mol. The summed E-state index contributed by atoms with van der Waals surface area (Å²) in [6.45, 7) is 1.38. The van der Waals surface area contributed by atoms with E-state index in [9.17, 15) is 15.2 Å². The van der Waals surface area contributed by atoms with Gasteiger partial charge in [-0.2, -0.15) is 0 Å². The molecule has 0 radical (unpaired) electrons. The summed E-state index contributed by atoms with van der Waals surface area (Å²) in [5.41, 5.74) is 0.900. The molecule has 0 heterocycles. The Morgan fingerprint density at radius 3 is 2.63 bits per heavy atom. The van der Waals surface area contributed by atoms with Crippen LogP contribution in [0.25, 0.3) is 0 Å². The molecule has 0 aromatic heterocycles. The lowest BCUT2D eigenvalue weighted by Crippen LogP contribution is -2.27. The maximum Gasteiger partial charge on any atom is 0.273 e. The minimum atomic E-state index is -0.339. The second-order valence-corrected chi connectivity index (χ2v) is 5.19. The molecule has 0 spiro atoms. The topological polar surface area (TPSA) is 75.4 Å². The Labute approximate surface area is 112 Å². The lowest BCUT2D eigenvalue weighted by molar-refractivity contribution is -0.385. The Balaban J connectivity index is 1.81. The number of nitrogens with zero attached hydrogens (tertiary/aromatic N) is 1. The molecule has 1 aliphatic carbocycles. The van der Waals surface area contributed by atoms with Crippen molar-refractivity contribution in [3.63, 3.8) is 0 Å². The fourth-order valence-corrected chi connectivity index (χ4v) is 2.60. The summed E-state index contributed by atoms with van der Waals surface area (Å²) < 4.78 is 0. The number of hydrogen-bond acceptors (Lipinski definition) is 4. The van der Waals surface area contributed by atoms with Crippen molar-refractivity contribution >= 4 is 5.69 Å². The molecule has 5 nitrogen and oxygen atoms in total. The van der Waals surface area contributed by atoms with E-state index >= 15 is 0 Å². The average Bonchev–Trinajstić information content (AvgIpc) is 2.41. The minimum Gasteiger partial charge on any atom is -0.393 e. The molecular weight excluding hydrogens is 244 g/mol. The first-order chi connectivity index (χ1) is 9.16. The first kappa shape index (κ1) is 14.0. The van der Waals surface area contributed by atoms with Crippen molar-refractivity contribution in [2.45, 2.75) is 38.3 Å². The van der Waals surface area contributed by atoms with Gasteiger partial charge in [0.1, 0.15) is 0 Å². The number of rotatable bonds is 5. The molecule has 0 atom stereocenters. The van der Waals surface area contributed by atoms with Gasteiger partial charge in [-0.15, -0.1) is 0 Å². The fourth-order valence-electron chi connectivity index (χ4n) is 2.60. The van der Waals surface area contributed by atoms with Crippen molar-refractivity contribution in [2.24, 2.45) is 5.92 Å². The van der Waals surface area contributed by atoms with Gasteiger partial charge in [-0.1, -0.05) is 18.2 Å². The van der Waals surface area contributed by atoms with Crippen molar-refractivity contribution in [1.29, 1.82) is 0 Å². The first-order valence-corrected chi connectivity index (χ1v) is 6.78. The van der Waals surface area contributed by atoms with Gasteiger partial charge in [-0.05, 0) is 38.1 Å². The number of aliphatic hydroxyl groups is 1. The summed E-state index contributed by atoms with van der Waals surface area (Å²) in [5.74, 6) is 0.575. The van der Waals surface area contributed by atoms with Crippen LogP contribution in [0.4, 0.5) is 5.69 Å². The molecule has 1 aromatic rings. The highest BCUT2D eigenvalue weighted by Crippen LogP contribution is 2.24. The average molecular weight is 264 g/mol. The van der Waals surface area contributed by atoms with Crippen molar-refractivity contribution in [3.05, 3.63) is 39.9 Å². The molecular formula is C14H20N2O3. The smallest absolute Gasteiger partial charge is 0.273 e. The molecule has 2 rings (SSSR count). The highest BCUT2D eigenvalue weighted by molar-refractivity contribution is 5.39. The van der Waals surface area contributed by atoms with Gasteiger partial charge in [0.2, 0.25) is 0 Å². The second-order valence-electron chi connectivity index (χ2n) is 5.19. The van der Waals surface area contributed by atoms with Gasteiger partial charge >= 0.3 is 0 Å². The third-order valence-electron chi connectivity index (χ3n) is 3.75. The summed E-state index contributed by atoms with van der Waals surface area (Å²) >= 11 is 0. The number of hydrogen-bond donors (Lipinski definition) is 2. The molecule has 0 unspecified atom stereocenters. The molecule has 1 saturated carbocycles. The van der Waals surface area contributed by atoms with E-state index in [1.807, 2.05) is 6.07 Å². The Hall–Kier alpha value is -1.46. The van der Waals surface area contributed by atoms with Crippen LogP contribution in [-0.2, 0) is 6.54 Å². The Morgan fingerprint density at radius 1 is 1.26 bits per heavy atom. The van der Waals surface area contributed by atoms with E-state index < -0.39 is 0 Å². The maximum atomic E-state index is 10.9. The number of nitrogens with one attached hydrogen (secondary N) is 1. The highest BCUT2D eigenvalue weighted by Gasteiger charge is 2.19. The van der Waals surface area contributed by atoms with Gasteiger partial charge in [0.25, 0.3) is 5.69 Å². The Kier molecular flexibility index (Phi) is 4.87. The fraction of sp³-hybridized carbons (Fsp3) is 0.571. The van der Waals surface area contributed by atoms with E-state index in [1.165, 1.54) is 6.07 Å². The van der Waals surface area contributed by atoms with Gasteiger partial charge in [0.05, 0.1) is 11.0 Å². The third-order valence-corrected chi connectivity index (χ3v) is 3.75. The number of para-hydroxylation sites is 1. The molecule has 19 heavy (non-hydrogen) atoms. The molecule has 5 heteroatoms. The Bertz CT molecular complexity index is 428. The van der Waals surface area contributed by atoms with Crippen LogP contribution >= 0.6 is 0 Å². The number of nitro benzene ring substituents is 1. The van der Waals surface area contributed by atoms with Crippen LogP contribution in [0.15, 0.2) is 24.3 Å². The summed E-state index contributed by atoms with van der Waals surface area (Å²) in [6.07, 6.45) is 3.68. The van der Waals surface area contributed by atoms with Crippen LogP contribution in [0.1, 0.15) is 31.2 Å².